The molecule has 6 heteroatoms. The van der Waals surface area contributed by atoms with Gasteiger partial charge in [-0.15, -0.1) is 24.8 Å². The Morgan fingerprint density at radius 2 is 2.00 bits per heavy atom. The van der Waals surface area contributed by atoms with Crippen molar-refractivity contribution in [3.8, 4) is 5.75 Å². The maximum Gasteiger partial charge on any atom is 0.174 e. The van der Waals surface area contributed by atoms with Gasteiger partial charge in [0.2, 0.25) is 0 Å². The molecule has 2 aliphatic heterocycles. The summed E-state index contributed by atoms with van der Waals surface area (Å²) in [5.41, 5.74) is 8.32. The first-order chi connectivity index (χ1) is 13.3. The summed E-state index contributed by atoms with van der Waals surface area (Å²) in [6.07, 6.45) is 5.90. The summed E-state index contributed by atoms with van der Waals surface area (Å²) in [6, 6.07) is 11.4. The van der Waals surface area contributed by atoms with E-state index in [1.165, 1.54) is 46.3 Å². The van der Waals surface area contributed by atoms with E-state index in [1.54, 1.807) is 0 Å². The molecule has 0 bridgehead atoms. The highest BCUT2D eigenvalue weighted by molar-refractivity contribution is 5.85. The molecule has 158 valence electrons. The summed E-state index contributed by atoms with van der Waals surface area (Å²) < 4.78 is 0. The van der Waals surface area contributed by atoms with Crippen LogP contribution in [0.5, 0.6) is 5.75 Å². The van der Waals surface area contributed by atoms with Crippen LogP contribution in [0.25, 0.3) is 0 Å². The maximum absolute atomic E-state index is 5.47. The molecule has 1 aliphatic carbocycles. The Bertz CT molecular complexity index is 859. The van der Waals surface area contributed by atoms with Crippen molar-refractivity contribution in [2.75, 3.05) is 32.0 Å². The van der Waals surface area contributed by atoms with Crippen LogP contribution in [0.15, 0.2) is 30.3 Å². The zero-order valence-electron chi connectivity index (χ0n) is 16.9. The van der Waals surface area contributed by atoms with Crippen molar-refractivity contribution in [3.05, 3.63) is 58.1 Å². The van der Waals surface area contributed by atoms with Crippen LogP contribution in [0, 0.1) is 0 Å². The number of fused-ring (bicyclic) bond motifs is 4. The van der Waals surface area contributed by atoms with E-state index in [0.717, 1.165) is 44.6 Å². The fourth-order valence-corrected chi connectivity index (χ4v) is 4.87. The average Bonchev–Trinajstić information content (AvgIpc) is 3.35. The van der Waals surface area contributed by atoms with Crippen LogP contribution in [-0.4, -0.2) is 31.6 Å². The number of hydrogen-bond acceptors (Lipinski definition) is 4. The van der Waals surface area contributed by atoms with Crippen molar-refractivity contribution in [1.82, 2.24) is 4.90 Å². The molecule has 2 heterocycles. The highest BCUT2D eigenvalue weighted by atomic mass is 35.5. The van der Waals surface area contributed by atoms with Gasteiger partial charge in [-0.05, 0) is 67.8 Å². The van der Waals surface area contributed by atoms with Crippen LogP contribution in [0.4, 0.5) is 5.69 Å². The lowest BCUT2D eigenvalue weighted by Gasteiger charge is -2.30. The van der Waals surface area contributed by atoms with Crippen LogP contribution in [0.1, 0.15) is 46.6 Å². The standard InChI is InChI=1S/C23H28N2O2.2ClH/c1-25(12-10-16-5-8-22-17(13-16)9-11-24-22)14-18-3-2-4-21-20(18)7-6-19-15-26-27-23(19)21;;/h5-8,13,18,24H,2-4,9-12,14-15H2,1H3;2*1H/t18-;;/m0../s1. The molecular formula is C23H30Cl2N2O2. The predicted molar refractivity (Wildman–Crippen MR) is 122 cm³/mol. The molecule has 0 fully saturated rings. The van der Waals surface area contributed by atoms with Crippen LogP contribution < -0.4 is 10.2 Å². The van der Waals surface area contributed by atoms with Gasteiger partial charge >= 0.3 is 0 Å². The molecule has 29 heavy (non-hydrogen) atoms. The van der Waals surface area contributed by atoms with Gasteiger partial charge in [0.05, 0.1) is 0 Å². The molecule has 0 spiro atoms. The van der Waals surface area contributed by atoms with E-state index in [1.807, 2.05) is 0 Å². The van der Waals surface area contributed by atoms with Gasteiger partial charge in [0.15, 0.2) is 5.75 Å². The highest BCUT2D eigenvalue weighted by Crippen LogP contribution is 2.41. The summed E-state index contributed by atoms with van der Waals surface area (Å²) in [5, 5.41) is 3.44. The number of anilines is 1. The second-order valence-corrected chi connectivity index (χ2v) is 8.24. The van der Waals surface area contributed by atoms with Gasteiger partial charge < -0.3 is 15.1 Å². The van der Waals surface area contributed by atoms with Crippen molar-refractivity contribution in [2.45, 2.75) is 44.6 Å². The third-order valence-electron chi connectivity index (χ3n) is 6.35. The molecule has 1 N–H and O–H groups in total. The lowest BCUT2D eigenvalue weighted by molar-refractivity contribution is -0.195. The Morgan fingerprint density at radius 1 is 1.10 bits per heavy atom. The highest BCUT2D eigenvalue weighted by Gasteiger charge is 2.28. The predicted octanol–water partition coefficient (Wildman–Crippen LogP) is 4.92. The summed E-state index contributed by atoms with van der Waals surface area (Å²) in [6.45, 7) is 3.88. The number of rotatable bonds is 5. The molecular weight excluding hydrogens is 407 g/mol. The number of likely N-dealkylation sites (N-methyl/N-ethyl adjacent to an activating group) is 1. The zero-order valence-corrected chi connectivity index (χ0v) is 18.5. The number of halogens is 2. The van der Waals surface area contributed by atoms with E-state index in [0.29, 0.717) is 12.5 Å². The maximum atomic E-state index is 5.47. The lowest BCUT2D eigenvalue weighted by atomic mass is 9.81. The average molecular weight is 437 g/mol. The number of hydrogen-bond donors (Lipinski definition) is 1. The minimum absolute atomic E-state index is 0. The summed E-state index contributed by atoms with van der Waals surface area (Å²) >= 11 is 0. The van der Waals surface area contributed by atoms with Gasteiger partial charge in [0, 0.05) is 36.4 Å². The van der Waals surface area contributed by atoms with Gasteiger partial charge in [0.1, 0.15) is 6.61 Å². The van der Waals surface area contributed by atoms with Gasteiger partial charge in [-0.3, -0.25) is 0 Å². The number of nitrogens with zero attached hydrogens (tertiary/aromatic N) is 1. The minimum Gasteiger partial charge on any atom is -0.384 e. The van der Waals surface area contributed by atoms with Gasteiger partial charge in [-0.1, -0.05) is 24.3 Å². The fraction of sp³-hybridized carbons (Fsp3) is 0.478. The first-order valence-electron chi connectivity index (χ1n) is 10.3. The first-order valence-corrected chi connectivity index (χ1v) is 10.3. The van der Waals surface area contributed by atoms with E-state index in [-0.39, 0.29) is 24.8 Å². The van der Waals surface area contributed by atoms with E-state index < -0.39 is 0 Å². The lowest BCUT2D eigenvalue weighted by Crippen LogP contribution is -2.28. The fourth-order valence-electron chi connectivity index (χ4n) is 4.87. The molecule has 3 aliphatic rings. The van der Waals surface area contributed by atoms with Crippen molar-refractivity contribution >= 4 is 30.5 Å². The third kappa shape index (κ3) is 4.51. The summed E-state index contributed by atoms with van der Waals surface area (Å²) in [4.78, 5) is 13.2. The van der Waals surface area contributed by atoms with Crippen LogP contribution in [0.2, 0.25) is 0 Å². The number of benzene rings is 2. The van der Waals surface area contributed by atoms with E-state index >= 15 is 0 Å². The molecule has 0 saturated carbocycles. The minimum atomic E-state index is 0. The third-order valence-corrected chi connectivity index (χ3v) is 6.35. The van der Waals surface area contributed by atoms with Crippen LogP contribution in [-0.2, 0) is 30.8 Å². The molecule has 0 radical (unpaired) electrons. The monoisotopic (exact) mass is 436 g/mol. The quantitative estimate of drug-likeness (QED) is 0.674. The Morgan fingerprint density at radius 3 is 2.90 bits per heavy atom. The molecule has 0 unspecified atom stereocenters. The van der Waals surface area contributed by atoms with Crippen molar-refractivity contribution in [1.29, 1.82) is 0 Å². The molecule has 0 saturated heterocycles. The molecule has 5 rings (SSSR count). The molecule has 2 aromatic carbocycles. The molecule has 0 aromatic heterocycles. The van der Waals surface area contributed by atoms with Crippen molar-refractivity contribution in [3.63, 3.8) is 0 Å². The van der Waals surface area contributed by atoms with Crippen molar-refractivity contribution < 1.29 is 9.78 Å². The van der Waals surface area contributed by atoms with Crippen molar-refractivity contribution in [2.24, 2.45) is 0 Å². The first kappa shape index (κ1) is 22.2. The Kier molecular flexibility index (Phi) is 7.33. The number of nitrogens with one attached hydrogen (secondary N) is 1. The van der Waals surface area contributed by atoms with Gasteiger partial charge in [-0.2, -0.15) is 4.89 Å². The second-order valence-electron chi connectivity index (χ2n) is 8.24. The van der Waals surface area contributed by atoms with Gasteiger partial charge in [0.25, 0.3) is 0 Å². The summed E-state index contributed by atoms with van der Waals surface area (Å²) in [7, 11) is 2.26. The normalized spacial score (nSPS) is 18.6. The Balaban J connectivity index is 0.00000120. The second kappa shape index (κ2) is 9.57. The molecule has 2 aromatic rings. The Hall–Kier alpha value is -1.46. The molecule has 1 atom stereocenters. The largest absolute Gasteiger partial charge is 0.384 e. The molecule has 0 amide bonds. The summed E-state index contributed by atoms with van der Waals surface area (Å²) in [5.74, 6) is 1.60. The van der Waals surface area contributed by atoms with E-state index in [9.17, 15) is 0 Å². The van der Waals surface area contributed by atoms with Crippen LogP contribution in [0.3, 0.4) is 0 Å². The smallest absolute Gasteiger partial charge is 0.174 e. The van der Waals surface area contributed by atoms with Crippen LogP contribution >= 0.6 is 24.8 Å². The van der Waals surface area contributed by atoms with E-state index in [2.05, 4.69) is 47.6 Å². The van der Waals surface area contributed by atoms with Gasteiger partial charge in [-0.25, -0.2) is 0 Å². The molecule has 4 nitrogen and oxygen atoms in total. The Labute approximate surface area is 185 Å². The zero-order chi connectivity index (χ0) is 18.2. The topological polar surface area (TPSA) is 33.7 Å². The SMILES string of the molecule is CN(CCc1ccc2c(c1)CCN2)C[C@@H]1CCCc2c1ccc1c2OOC1.Cl.Cl. The van der Waals surface area contributed by atoms with E-state index in [4.69, 9.17) is 9.78 Å².